The van der Waals surface area contributed by atoms with Crippen LogP contribution in [-0.4, -0.2) is 33.2 Å². The molecule has 3 saturated carbocycles. The third-order valence-corrected chi connectivity index (χ3v) is 9.22. The fourth-order valence-electron chi connectivity index (χ4n) is 5.71. The molecule has 3 aliphatic rings. The molecule has 6 nitrogen and oxygen atoms in total. The average molecular weight is 517 g/mol. The highest BCUT2D eigenvalue weighted by molar-refractivity contribution is 7.18. The molecule has 3 aromatic rings. The smallest absolute Gasteiger partial charge is 0.335 e. The van der Waals surface area contributed by atoms with Gasteiger partial charge in [-0.1, -0.05) is 5.16 Å². The Labute approximate surface area is 212 Å². The maximum Gasteiger partial charge on any atom is 0.335 e. The van der Waals surface area contributed by atoms with Crippen molar-refractivity contribution in [2.75, 3.05) is 0 Å². The number of alkyl halides is 2. The highest BCUT2D eigenvalue weighted by Crippen LogP contribution is 2.47. The van der Waals surface area contributed by atoms with Crippen molar-refractivity contribution in [3.05, 3.63) is 45.8 Å². The molecule has 6 rings (SSSR count). The van der Waals surface area contributed by atoms with Crippen LogP contribution in [0.4, 0.5) is 8.78 Å². The zero-order chi connectivity index (χ0) is 24.9. The van der Waals surface area contributed by atoms with Crippen molar-refractivity contribution in [2.45, 2.75) is 101 Å². The molecule has 1 aromatic carbocycles. The molecular formula is C27H30F2N2O4S. The lowest BCUT2D eigenvalue weighted by Gasteiger charge is -2.29. The van der Waals surface area contributed by atoms with E-state index in [9.17, 15) is 18.7 Å². The van der Waals surface area contributed by atoms with Crippen LogP contribution in [0.2, 0.25) is 0 Å². The van der Waals surface area contributed by atoms with E-state index in [1.165, 1.54) is 0 Å². The van der Waals surface area contributed by atoms with E-state index in [1.54, 1.807) is 29.5 Å². The molecule has 3 aliphatic carbocycles. The normalized spacial score (nSPS) is 24.8. The van der Waals surface area contributed by atoms with Gasteiger partial charge in [-0.05, 0) is 69.6 Å². The van der Waals surface area contributed by atoms with Crippen molar-refractivity contribution < 1.29 is 27.9 Å². The third-order valence-electron chi connectivity index (χ3n) is 8.04. The number of hydrogen-bond donors (Lipinski definition) is 1. The summed E-state index contributed by atoms with van der Waals surface area (Å²) >= 11 is 1.59. The Morgan fingerprint density at radius 1 is 1.06 bits per heavy atom. The van der Waals surface area contributed by atoms with Gasteiger partial charge < -0.3 is 14.4 Å². The van der Waals surface area contributed by atoms with Gasteiger partial charge in [0.15, 0.2) is 0 Å². The number of benzene rings is 1. The monoisotopic (exact) mass is 516 g/mol. The number of ether oxygens (including phenoxy) is 1. The van der Waals surface area contributed by atoms with Gasteiger partial charge in [0.2, 0.25) is 5.92 Å². The number of fused-ring (bicyclic) bond motifs is 1. The highest BCUT2D eigenvalue weighted by Gasteiger charge is 2.40. The van der Waals surface area contributed by atoms with Crippen LogP contribution < -0.4 is 0 Å². The Kier molecular flexibility index (Phi) is 6.32. The largest absolute Gasteiger partial charge is 0.478 e. The summed E-state index contributed by atoms with van der Waals surface area (Å²) in [6.45, 7) is 0.437. The molecule has 0 unspecified atom stereocenters. The number of carboxylic acid groups (broad SMARTS) is 1. The first-order valence-corrected chi connectivity index (χ1v) is 13.8. The van der Waals surface area contributed by atoms with Crippen molar-refractivity contribution in [3.63, 3.8) is 0 Å². The van der Waals surface area contributed by atoms with Gasteiger partial charge in [-0.3, -0.25) is 0 Å². The average Bonchev–Trinajstić information content (AvgIpc) is 3.48. The van der Waals surface area contributed by atoms with Crippen molar-refractivity contribution in [3.8, 4) is 0 Å². The topological polar surface area (TPSA) is 85.5 Å². The van der Waals surface area contributed by atoms with Crippen LogP contribution in [0.3, 0.4) is 0 Å². The Morgan fingerprint density at radius 3 is 2.47 bits per heavy atom. The number of hydrogen-bond acceptors (Lipinski definition) is 6. The van der Waals surface area contributed by atoms with E-state index in [4.69, 9.17) is 14.2 Å². The van der Waals surface area contributed by atoms with Gasteiger partial charge in [-0.15, -0.1) is 11.3 Å². The minimum absolute atomic E-state index is 0.0240. The first kappa shape index (κ1) is 24.0. The number of aromatic nitrogens is 2. The molecule has 0 aliphatic heterocycles. The van der Waals surface area contributed by atoms with E-state index in [0.29, 0.717) is 31.3 Å². The summed E-state index contributed by atoms with van der Waals surface area (Å²) < 4.78 is 40.4. The number of halogens is 2. The molecule has 0 spiro atoms. The standard InChI is InChI=1S/C27H30F2N2O4S/c28-27(29)11-9-15(10-12-27)23-20(24(35-31-23)16-1-2-16)14-34-19-6-3-17(4-7-19)25-30-21-8-5-18(26(32)33)13-22(21)36-25/h5,8,13,15-17,19H,1-4,6-7,9-12,14H2,(H,32,33). The molecule has 0 atom stereocenters. The van der Waals surface area contributed by atoms with Gasteiger partial charge in [0.1, 0.15) is 5.76 Å². The van der Waals surface area contributed by atoms with Crippen molar-refractivity contribution in [1.82, 2.24) is 10.1 Å². The maximum atomic E-state index is 13.7. The number of nitrogens with zero attached hydrogens (tertiary/aromatic N) is 2. The molecule has 36 heavy (non-hydrogen) atoms. The van der Waals surface area contributed by atoms with Crippen molar-refractivity contribution in [1.29, 1.82) is 0 Å². The van der Waals surface area contributed by atoms with Gasteiger partial charge >= 0.3 is 5.97 Å². The second-order valence-corrected chi connectivity index (χ2v) is 11.7. The Bertz CT molecular complexity index is 1250. The molecule has 0 bridgehead atoms. The number of thiazole rings is 1. The predicted molar refractivity (Wildman–Crippen MR) is 131 cm³/mol. The van der Waals surface area contributed by atoms with Crippen LogP contribution in [0.5, 0.6) is 0 Å². The second-order valence-electron chi connectivity index (χ2n) is 10.6. The van der Waals surface area contributed by atoms with Crippen LogP contribution in [0.25, 0.3) is 10.2 Å². The lowest BCUT2D eigenvalue weighted by molar-refractivity contribution is -0.0389. The van der Waals surface area contributed by atoms with Gasteiger partial charge in [-0.2, -0.15) is 0 Å². The van der Waals surface area contributed by atoms with Crippen LogP contribution >= 0.6 is 11.3 Å². The fraction of sp³-hybridized carbons (Fsp3) is 0.593. The minimum atomic E-state index is -2.56. The molecule has 9 heteroatoms. The molecule has 0 radical (unpaired) electrons. The predicted octanol–water partition coefficient (Wildman–Crippen LogP) is 7.40. The molecule has 0 amide bonds. The first-order chi connectivity index (χ1) is 17.4. The number of aromatic carboxylic acids is 1. The number of rotatable bonds is 7. The Hall–Kier alpha value is -2.39. The minimum Gasteiger partial charge on any atom is -0.478 e. The summed E-state index contributed by atoms with van der Waals surface area (Å²) in [6, 6.07) is 5.09. The number of carboxylic acids is 1. The van der Waals surface area contributed by atoms with Gasteiger partial charge in [0.25, 0.3) is 0 Å². The summed E-state index contributed by atoms with van der Waals surface area (Å²) in [7, 11) is 0. The van der Waals surface area contributed by atoms with Gasteiger partial charge in [0, 0.05) is 36.2 Å². The lowest BCUT2D eigenvalue weighted by Crippen LogP contribution is -2.24. The van der Waals surface area contributed by atoms with E-state index >= 15 is 0 Å². The van der Waals surface area contributed by atoms with E-state index in [2.05, 4.69) is 5.16 Å². The first-order valence-electron chi connectivity index (χ1n) is 13.0. The molecular weight excluding hydrogens is 486 g/mol. The zero-order valence-electron chi connectivity index (χ0n) is 20.1. The quantitative estimate of drug-likeness (QED) is 0.352. The number of carbonyl (C=O) groups is 1. The van der Waals surface area contributed by atoms with Crippen LogP contribution in [0.1, 0.15) is 114 Å². The van der Waals surface area contributed by atoms with E-state index in [-0.39, 0.29) is 30.4 Å². The summed E-state index contributed by atoms with van der Waals surface area (Å²) in [6.07, 6.45) is 6.83. The van der Waals surface area contributed by atoms with Gasteiger partial charge in [-0.25, -0.2) is 18.6 Å². The van der Waals surface area contributed by atoms with Crippen molar-refractivity contribution in [2.24, 2.45) is 0 Å². The van der Waals surface area contributed by atoms with Crippen molar-refractivity contribution >= 4 is 27.5 Å². The van der Waals surface area contributed by atoms with E-state index < -0.39 is 11.9 Å². The third kappa shape index (κ3) is 4.92. The molecule has 2 heterocycles. The SMILES string of the molecule is O=C(O)c1ccc2nc(C3CCC(OCc4c(C5CCC(F)(F)CC5)noc4C4CC4)CC3)sc2c1. The zero-order valence-corrected chi connectivity index (χ0v) is 20.9. The highest BCUT2D eigenvalue weighted by atomic mass is 32.1. The van der Waals surface area contributed by atoms with E-state index in [0.717, 1.165) is 70.8 Å². The van der Waals surface area contributed by atoms with Crippen LogP contribution in [-0.2, 0) is 11.3 Å². The maximum absolute atomic E-state index is 13.7. The lowest BCUT2D eigenvalue weighted by atomic mass is 9.83. The summed E-state index contributed by atoms with van der Waals surface area (Å²) in [5.41, 5.74) is 2.99. The van der Waals surface area contributed by atoms with E-state index in [1.807, 2.05) is 0 Å². The summed E-state index contributed by atoms with van der Waals surface area (Å²) in [4.78, 5) is 16.0. The Balaban J connectivity index is 1.09. The fourth-order valence-corrected chi connectivity index (χ4v) is 6.88. The summed E-state index contributed by atoms with van der Waals surface area (Å²) in [5, 5.41) is 14.7. The van der Waals surface area contributed by atoms with Crippen LogP contribution in [0.15, 0.2) is 22.7 Å². The molecule has 3 fully saturated rings. The second kappa shape index (κ2) is 9.49. The van der Waals surface area contributed by atoms with Crippen LogP contribution in [0, 0.1) is 0 Å². The van der Waals surface area contributed by atoms with Gasteiger partial charge in [0.05, 0.1) is 39.2 Å². The molecule has 0 saturated heterocycles. The molecule has 192 valence electrons. The molecule has 2 aromatic heterocycles. The molecule has 1 N–H and O–H groups in total. The summed E-state index contributed by atoms with van der Waals surface area (Å²) in [5.74, 6) is -1.80. The Morgan fingerprint density at radius 2 is 1.78 bits per heavy atom.